The van der Waals surface area contributed by atoms with Crippen LogP contribution in [0.4, 0.5) is 0 Å². The molecule has 2 N–H and O–H groups in total. The minimum absolute atomic E-state index is 0.112. The van der Waals surface area contributed by atoms with Crippen molar-refractivity contribution in [3.8, 4) is 0 Å². The van der Waals surface area contributed by atoms with Gasteiger partial charge in [0.25, 0.3) is 0 Å². The molecule has 1 amide bonds. The molecule has 0 spiro atoms. The number of carbonyl (C=O) groups is 1. The summed E-state index contributed by atoms with van der Waals surface area (Å²) in [6.45, 7) is 2.68. The fraction of sp³-hybridized carbons (Fsp3) is 0.944. The van der Waals surface area contributed by atoms with Crippen molar-refractivity contribution in [2.45, 2.75) is 102 Å². The number of carbonyl (C=O) groups excluding carboxylic acids is 1. The van der Waals surface area contributed by atoms with Crippen molar-refractivity contribution in [1.82, 2.24) is 5.32 Å². The zero-order chi connectivity index (χ0) is 15.4. The van der Waals surface area contributed by atoms with E-state index in [1.165, 1.54) is 44.9 Å². The number of hydrogen-bond acceptors (Lipinski definition) is 2. The highest BCUT2D eigenvalue weighted by molar-refractivity contribution is 5.75. The highest BCUT2D eigenvalue weighted by atomic mass is 16.3. The Bertz CT molecular complexity index is 270. The summed E-state index contributed by atoms with van der Waals surface area (Å²) in [5.74, 6) is 0.112. The Kier molecular flexibility index (Phi) is 9.73. The first-order valence-corrected chi connectivity index (χ1v) is 9.15. The third kappa shape index (κ3) is 9.13. The minimum Gasteiger partial charge on any atom is -0.388 e. The molecule has 1 aliphatic carbocycles. The number of amides is 1. The quantitative estimate of drug-likeness (QED) is 0.466. The van der Waals surface area contributed by atoms with Crippen molar-refractivity contribution < 1.29 is 9.90 Å². The Morgan fingerprint density at radius 3 is 2.14 bits per heavy atom. The van der Waals surface area contributed by atoms with Gasteiger partial charge in [-0.05, 0) is 19.3 Å². The Hall–Kier alpha value is -0.570. The van der Waals surface area contributed by atoms with Crippen LogP contribution in [0.5, 0.6) is 0 Å². The van der Waals surface area contributed by atoms with Gasteiger partial charge in [0, 0.05) is 13.0 Å². The van der Waals surface area contributed by atoms with Crippen LogP contribution in [0, 0.1) is 0 Å². The fourth-order valence-electron chi connectivity index (χ4n) is 3.16. The highest BCUT2D eigenvalue weighted by Gasteiger charge is 2.28. The van der Waals surface area contributed by atoms with Gasteiger partial charge in [-0.15, -0.1) is 0 Å². The minimum atomic E-state index is -0.647. The van der Waals surface area contributed by atoms with Gasteiger partial charge >= 0.3 is 0 Å². The molecule has 0 aromatic carbocycles. The molecule has 1 rings (SSSR count). The number of unbranched alkanes of at least 4 members (excludes halogenated alkanes) is 6. The molecule has 124 valence electrons. The standard InChI is InChI=1S/C18H35NO2/c1-2-3-4-5-6-7-10-13-17(20)19-16-18(21)14-11-8-9-12-15-18/h21H,2-16H2,1H3,(H,19,20). The van der Waals surface area contributed by atoms with Gasteiger partial charge in [-0.2, -0.15) is 0 Å². The van der Waals surface area contributed by atoms with Crippen LogP contribution >= 0.6 is 0 Å². The lowest BCUT2D eigenvalue weighted by molar-refractivity contribution is -0.122. The lowest BCUT2D eigenvalue weighted by Crippen LogP contribution is -2.42. The van der Waals surface area contributed by atoms with Gasteiger partial charge in [0.2, 0.25) is 5.91 Å². The molecule has 0 saturated heterocycles. The molecule has 3 nitrogen and oxygen atoms in total. The molecule has 1 saturated carbocycles. The first-order chi connectivity index (χ1) is 10.2. The van der Waals surface area contributed by atoms with Crippen LogP contribution in [0.2, 0.25) is 0 Å². The molecule has 0 aromatic rings. The molecule has 0 aromatic heterocycles. The van der Waals surface area contributed by atoms with Gasteiger partial charge in [0.1, 0.15) is 0 Å². The van der Waals surface area contributed by atoms with Crippen LogP contribution in [0.25, 0.3) is 0 Å². The van der Waals surface area contributed by atoms with Crippen LogP contribution in [-0.4, -0.2) is 23.2 Å². The van der Waals surface area contributed by atoms with Crippen LogP contribution in [0.1, 0.15) is 96.8 Å². The number of aliphatic hydroxyl groups is 1. The Morgan fingerprint density at radius 1 is 0.952 bits per heavy atom. The third-order valence-electron chi connectivity index (χ3n) is 4.66. The predicted molar refractivity (Wildman–Crippen MR) is 88.3 cm³/mol. The fourth-order valence-corrected chi connectivity index (χ4v) is 3.16. The Balaban J connectivity index is 2.02. The first-order valence-electron chi connectivity index (χ1n) is 9.15. The molecule has 1 fully saturated rings. The van der Waals surface area contributed by atoms with Crippen molar-refractivity contribution in [2.75, 3.05) is 6.54 Å². The second-order valence-corrected chi connectivity index (χ2v) is 6.79. The maximum Gasteiger partial charge on any atom is 0.220 e. The average Bonchev–Trinajstić information content (AvgIpc) is 2.70. The van der Waals surface area contributed by atoms with E-state index in [9.17, 15) is 9.90 Å². The van der Waals surface area contributed by atoms with Gasteiger partial charge < -0.3 is 10.4 Å². The van der Waals surface area contributed by atoms with Crippen molar-refractivity contribution in [1.29, 1.82) is 0 Å². The van der Waals surface area contributed by atoms with Gasteiger partial charge in [-0.3, -0.25) is 4.79 Å². The van der Waals surface area contributed by atoms with E-state index in [0.717, 1.165) is 38.5 Å². The summed E-state index contributed by atoms with van der Waals surface area (Å²) >= 11 is 0. The topological polar surface area (TPSA) is 49.3 Å². The second kappa shape index (κ2) is 11.1. The maximum absolute atomic E-state index is 11.8. The number of hydrogen-bond donors (Lipinski definition) is 2. The molecule has 0 radical (unpaired) electrons. The Labute approximate surface area is 130 Å². The van der Waals surface area contributed by atoms with Crippen molar-refractivity contribution >= 4 is 5.91 Å². The third-order valence-corrected chi connectivity index (χ3v) is 4.66. The van der Waals surface area contributed by atoms with Gasteiger partial charge in [0.05, 0.1) is 5.60 Å². The summed E-state index contributed by atoms with van der Waals surface area (Å²) in [7, 11) is 0. The van der Waals surface area contributed by atoms with E-state index in [0.29, 0.717) is 13.0 Å². The van der Waals surface area contributed by atoms with Gasteiger partial charge in [-0.1, -0.05) is 71.1 Å². The molecule has 0 bridgehead atoms. The second-order valence-electron chi connectivity index (χ2n) is 6.79. The predicted octanol–water partition coefficient (Wildman–Crippen LogP) is 4.33. The highest BCUT2D eigenvalue weighted by Crippen LogP contribution is 2.26. The molecule has 0 heterocycles. The normalized spacial score (nSPS) is 18.2. The van der Waals surface area contributed by atoms with Crippen LogP contribution < -0.4 is 5.32 Å². The van der Waals surface area contributed by atoms with Crippen LogP contribution in [0.3, 0.4) is 0 Å². The van der Waals surface area contributed by atoms with Crippen molar-refractivity contribution in [3.63, 3.8) is 0 Å². The summed E-state index contributed by atoms with van der Waals surface area (Å²) in [5.41, 5.74) is -0.647. The van der Waals surface area contributed by atoms with E-state index in [4.69, 9.17) is 0 Å². The number of rotatable bonds is 10. The molecule has 0 aliphatic heterocycles. The van der Waals surface area contributed by atoms with E-state index < -0.39 is 5.60 Å². The largest absolute Gasteiger partial charge is 0.388 e. The Morgan fingerprint density at radius 2 is 1.52 bits per heavy atom. The van der Waals surface area contributed by atoms with Crippen molar-refractivity contribution in [3.05, 3.63) is 0 Å². The summed E-state index contributed by atoms with van der Waals surface area (Å²) in [5, 5.41) is 13.4. The van der Waals surface area contributed by atoms with Gasteiger partial charge in [0.15, 0.2) is 0 Å². The molecule has 0 unspecified atom stereocenters. The summed E-state index contributed by atoms with van der Waals surface area (Å²) in [4.78, 5) is 11.8. The van der Waals surface area contributed by atoms with Crippen LogP contribution in [-0.2, 0) is 4.79 Å². The molecular weight excluding hydrogens is 262 g/mol. The summed E-state index contributed by atoms with van der Waals surface area (Å²) in [6, 6.07) is 0. The molecule has 0 atom stereocenters. The molecule has 21 heavy (non-hydrogen) atoms. The van der Waals surface area contributed by atoms with E-state index in [1.54, 1.807) is 0 Å². The summed E-state index contributed by atoms with van der Waals surface area (Å²) < 4.78 is 0. The van der Waals surface area contributed by atoms with E-state index in [-0.39, 0.29) is 5.91 Å². The lowest BCUT2D eigenvalue weighted by Gasteiger charge is -2.26. The van der Waals surface area contributed by atoms with E-state index in [2.05, 4.69) is 12.2 Å². The molecule has 3 heteroatoms. The van der Waals surface area contributed by atoms with E-state index in [1.807, 2.05) is 0 Å². The van der Waals surface area contributed by atoms with Crippen molar-refractivity contribution in [2.24, 2.45) is 0 Å². The lowest BCUT2D eigenvalue weighted by atomic mass is 9.94. The average molecular weight is 297 g/mol. The molecular formula is C18H35NO2. The first kappa shape index (κ1) is 18.5. The SMILES string of the molecule is CCCCCCCCCC(=O)NCC1(O)CCCCCC1. The number of nitrogens with one attached hydrogen (secondary N) is 1. The van der Waals surface area contributed by atoms with E-state index >= 15 is 0 Å². The summed E-state index contributed by atoms with van der Waals surface area (Å²) in [6.07, 6.45) is 15.5. The smallest absolute Gasteiger partial charge is 0.220 e. The zero-order valence-electron chi connectivity index (χ0n) is 14.0. The zero-order valence-corrected chi connectivity index (χ0v) is 14.0. The monoisotopic (exact) mass is 297 g/mol. The van der Waals surface area contributed by atoms with Gasteiger partial charge in [-0.25, -0.2) is 0 Å². The maximum atomic E-state index is 11.8. The molecule has 1 aliphatic rings. The van der Waals surface area contributed by atoms with Crippen LogP contribution in [0.15, 0.2) is 0 Å².